The third-order valence-electron chi connectivity index (χ3n) is 3.03. The summed E-state index contributed by atoms with van der Waals surface area (Å²) in [5, 5.41) is 5.89. The minimum Gasteiger partial charge on any atom is -0.481 e. The van der Waals surface area contributed by atoms with Gasteiger partial charge in [-0.3, -0.25) is 4.79 Å². The predicted octanol–water partition coefficient (Wildman–Crippen LogP) is 4.12. The van der Waals surface area contributed by atoms with Gasteiger partial charge in [-0.05, 0) is 18.2 Å². The topological polar surface area (TPSA) is 64.1 Å². The van der Waals surface area contributed by atoms with E-state index in [1.165, 1.54) is 24.6 Å². The highest BCUT2D eigenvalue weighted by Gasteiger charge is 2.12. The zero-order valence-corrected chi connectivity index (χ0v) is 13.7. The third kappa shape index (κ3) is 3.67. The van der Waals surface area contributed by atoms with Gasteiger partial charge in [0.05, 0.1) is 19.0 Å². The number of anilines is 1. The molecule has 0 spiro atoms. The van der Waals surface area contributed by atoms with Crippen molar-refractivity contribution in [2.24, 2.45) is 0 Å². The number of hydrogen-bond acceptors (Lipinski definition) is 5. The Hall–Kier alpha value is -2.44. The van der Waals surface area contributed by atoms with Gasteiger partial charge < -0.3 is 10.1 Å². The highest BCUT2D eigenvalue weighted by molar-refractivity contribution is 7.13. The maximum atomic E-state index is 12.2. The molecule has 0 fully saturated rings. The monoisotopic (exact) mass is 345 g/mol. The molecule has 2 aromatic heterocycles. The van der Waals surface area contributed by atoms with Gasteiger partial charge >= 0.3 is 0 Å². The first kappa shape index (κ1) is 15.5. The number of hydrogen-bond donors (Lipinski definition) is 1. The van der Waals surface area contributed by atoms with Crippen LogP contribution in [-0.2, 0) is 0 Å². The Morgan fingerprint density at radius 1 is 1.22 bits per heavy atom. The number of benzene rings is 1. The Kier molecular flexibility index (Phi) is 4.55. The maximum absolute atomic E-state index is 12.2. The minimum atomic E-state index is -0.284. The normalized spacial score (nSPS) is 10.3. The molecule has 1 N–H and O–H groups in total. The molecule has 0 bridgehead atoms. The number of nitrogens with zero attached hydrogens (tertiary/aromatic N) is 2. The summed E-state index contributed by atoms with van der Waals surface area (Å²) in [5.74, 6) is 0.204. The molecule has 7 heteroatoms. The molecule has 23 heavy (non-hydrogen) atoms. The molecule has 0 saturated carbocycles. The van der Waals surface area contributed by atoms with E-state index in [4.69, 9.17) is 16.3 Å². The number of aromatic nitrogens is 2. The highest BCUT2D eigenvalue weighted by atomic mass is 35.5. The van der Waals surface area contributed by atoms with Crippen LogP contribution in [0.1, 0.15) is 10.5 Å². The van der Waals surface area contributed by atoms with Crippen molar-refractivity contribution in [1.29, 1.82) is 0 Å². The van der Waals surface area contributed by atoms with Gasteiger partial charge in [-0.1, -0.05) is 23.7 Å². The number of amides is 1. The molecule has 0 saturated heterocycles. The standard InChI is InChI=1S/C16H12ClN3O2S/c1-22-14-7-6-12(8-18-14)19-15(21)13-9-23-16(20-13)10-2-4-11(17)5-3-10/h2-9H,1H3,(H,19,21). The quantitative estimate of drug-likeness (QED) is 0.772. The molecule has 1 aromatic carbocycles. The van der Waals surface area contributed by atoms with Crippen molar-refractivity contribution in [2.45, 2.75) is 0 Å². The van der Waals surface area contributed by atoms with E-state index in [0.717, 1.165) is 10.6 Å². The van der Waals surface area contributed by atoms with E-state index >= 15 is 0 Å². The second-order valence-electron chi connectivity index (χ2n) is 4.59. The number of ether oxygens (including phenoxy) is 1. The predicted molar refractivity (Wildman–Crippen MR) is 91.3 cm³/mol. The number of methoxy groups -OCH3 is 1. The number of pyridine rings is 1. The second-order valence-corrected chi connectivity index (χ2v) is 5.88. The molecule has 0 aliphatic rings. The minimum absolute atomic E-state index is 0.284. The number of carbonyl (C=O) groups is 1. The lowest BCUT2D eigenvalue weighted by Crippen LogP contribution is -2.12. The van der Waals surface area contributed by atoms with Gasteiger partial charge in [0.25, 0.3) is 5.91 Å². The fraction of sp³-hybridized carbons (Fsp3) is 0.0625. The Bertz CT molecular complexity index is 816. The molecule has 0 radical (unpaired) electrons. The van der Waals surface area contributed by atoms with Crippen molar-refractivity contribution in [3.05, 3.63) is 58.7 Å². The first-order valence-electron chi connectivity index (χ1n) is 6.68. The molecule has 2 heterocycles. The van der Waals surface area contributed by atoms with E-state index in [2.05, 4.69) is 15.3 Å². The van der Waals surface area contributed by atoms with Gasteiger partial charge in [-0.2, -0.15) is 0 Å². The van der Waals surface area contributed by atoms with Gasteiger partial charge in [-0.25, -0.2) is 9.97 Å². The Morgan fingerprint density at radius 2 is 2.00 bits per heavy atom. The van der Waals surface area contributed by atoms with Gasteiger partial charge in [0, 0.05) is 22.0 Å². The summed E-state index contributed by atoms with van der Waals surface area (Å²) in [4.78, 5) is 20.6. The van der Waals surface area contributed by atoms with Crippen LogP contribution >= 0.6 is 22.9 Å². The largest absolute Gasteiger partial charge is 0.481 e. The van der Waals surface area contributed by atoms with Crippen molar-refractivity contribution >= 4 is 34.5 Å². The first-order valence-corrected chi connectivity index (χ1v) is 7.94. The summed E-state index contributed by atoms with van der Waals surface area (Å²) in [6.45, 7) is 0. The van der Waals surface area contributed by atoms with Crippen LogP contribution in [0, 0.1) is 0 Å². The maximum Gasteiger partial charge on any atom is 0.275 e. The SMILES string of the molecule is COc1ccc(NC(=O)c2csc(-c3ccc(Cl)cc3)n2)cn1. The summed E-state index contributed by atoms with van der Waals surface area (Å²) in [6, 6.07) is 10.7. The van der Waals surface area contributed by atoms with Crippen LogP contribution in [0.25, 0.3) is 10.6 Å². The molecule has 0 aliphatic heterocycles. The molecule has 3 rings (SSSR count). The third-order valence-corrected chi connectivity index (χ3v) is 4.17. The summed E-state index contributed by atoms with van der Waals surface area (Å²) < 4.78 is 4.98. The average Bonchev–Trinajstić information content (AvgIpc) is 3.06. The van der Waals surface area contributed by atoms with E-state index in [0.29, 0.717) is 22.3 Å². The summed E-state index contributed by atoms with van der Waals surface area (Å²) in [7, 11) is 1.54. The number of thiazole rings is 1. The van der Waals surface area contributed by atoms with Gasteiger partial charge in [0.15, 0.2) is 0 Å². The molecular weight excluding hydrogens is 334 g/mol. The molecule has 116 valence electrons. The summed E-state index contributed by atoms with van der Waals surface area (Å²) in [5.41, 5.74) is 1.86. The first-order chi connectivity index (χ1) is 11.2. The average molecular weight is 346 g/mol. The molecule has 0 aliphatic carbocycles. The molecule has 3 aromatic rings. The highest BCUT2D eigenvalue weighted by Crippen LogP contribution is 2.25. The number of nitrogens with one attached hydrogen (secondary N) is 1. The number of rotatable bonds is 4. The smallest absolute Gasteiger partial charge is 0.275 e. The van der Waals surface area contributed by atoms with Crippen molar-refractivity contribution in [3.8, 4) is 16.5 Å². The lowest BCUT2D eigenvalue weighted by Gasteiger charge is -2.03. The molecule has 1 amide bonds. The van der Waals surface area contributed by atoms with E-state index in [1.807, 2.05) is 12.1 Å². The van der Waals surface area contributed by atoms with Crippen LogP contribution in [0.3, 0.4) is 0 Å². The summed E-state index contributed by atoms with van der Waals surface area (Å²) >= 11 is 7.27. The van der Waals surface area contributed by atoms with E-state index in [-0.39, 0.29) is 5.91 Å². The van der Waals surface area contributed by atoms with E-state index in [1.54, 1.807) is 29.6 Å². The number of carbonyl (C=O) groups excluding carboxylic acids is 1. The molecule has 5 nitrogen and oxygen atoms in total. The van der Waals surface area contributed by atoms with E-state index in [9.17, 15) is 4.79 Å². The van der Waals surface area contributed by atoms with Crippen molar-refractivity contribution in [3.63, 3.8) is 0 Å². The van der Waals surface area contributed by atoms with Crippen LogP contribution in [0.2, 0.25) is 5.02 Å². The Balaban J connectivity index is 1.74. The van der Waals surface area contributed by atoms with E-state index < -0.39 is 0 Å². The van der Waals surface area contributed by atoms with Crippen LogP contribution in [0.5, 0.6) is 5.88 Å². The van der Waals surface area contributed by atoms with Gasteiger partial charge in [0.1, 0.15) is 10.7 Å². The van der Waals surface area contributed by atoms with Crippen LogP contribution in [0.15, 0.2) is 48.0 Å². The Labute approximate surface area is 141 Å². The molecule has 0 unspecified atom stereocenters. The van der Waals surface area contributed by atoms with Crippen LogP contribution < -0.4 is 10.1 Å². The van der Waals surface area contributed by atoms with Crippen molar-refractivity contribution < 1.29 is 9.53 Å². The zero-order valence-electron chi connectivity index (χ0n) is 12.1. The lowest BCUT2D eigenvalue weighted by atomic mass is 10.2. The molecule has 0 atom stereocenters. The second kappa shape index (κ2) is 6.76. The lowest BCUT2D eigenvalue weighted by molar-refractivity contribution is 0.102. The Morgan fingerprint density at radius 3 is 2.65 bits per heavy atom. The van der Waals surface area contributed by atoms with Crippen LogP contribution in [0.4, 0.5) is 5.69 Å². The molecular formula is C16H12ClN3O2S. The number of halogens is 1. The van der Waals surface area contributed by atoms with Gasteiger partial charge in [0.2, 0.25) is 5.88 Å². The zero-order chi connectivity index (χ0) is 16.2. The van der Waals surface area contributed by atoms with Crippen molar-refractivity contribution in [1.82, 2.24) is 9.97 Å². The fourth-order valence-corrected chi connectivity index (χ4v) is 2.81. The van der Waals surface area contributed by atoms with Crippen LogP contribution in [-0.4, -0.2) is 23.0 Å². The van der Waals surface area contributed by atoms with Crippen molar-refractivity contribution in [2.75, 3.05) is 12.4 Å². The van der Waals surface area contributed by atoms with Gasteiger partial charge in [-0.15, -0.1) is 11.3 Å². The summed E-state index contributed by atoms with van der Waals surface area (Å²) in [6.07, 6.45) is 1.53. The fourth-order valence-electron chi connectivity index (χ4n) is 1.87.